The van der Waals surface area contributed by atoms with Gasteiger partial charge in [0.05, 0.1) is 35.2 Å². The summed E-state index contributed by atoms with van der Waals surface area (Å²) >= 11 is 1.22. The largest absolute Gasteiger partial charge is 0.503 e. The zero-order valence-corrected chi connectivity index (χ0v) is 22.1. The molecule has 1 aliphatic rings. The van der Waals surface area contributed by atoms with E-state index in [4.69, 9.17) is 4.74 Å². The van der Waals surface area contributed by atoms with E-state index >= 15 is 0 Å². The number of anilines is 1. The zero-order valence-electron chi connectivity index (χ0n) is 21.3. The van der Waals surface area contributed by atoms with Crippen LogP contribution in [0.4, 0.5) is 5.69 Å². The van der Waals surface area contributed by atoms with Crippen molar-refractivity contribution in [1.29, 1.82) is 0 Å². The highest BCUT2D eigenvalue weighted by Gasteiger charge is 2.45. The van der Waals surface area contributed by atoms with Crippen LogP contribution in [0.2, 0.25) is 0 Å². The van der Waals surface area contributed by atoms with Gasteiger partial charge in [-0.1, -0.05) is 42.5 Å². The van der Waals surface area contributed by atoms with E-state index in [1.165, 1.54) is 16.2 Å². The maximum atomic E-state index is 14.0. The number of aryl methyl sites for hydroxylation is 1. The molecule has 0 fully saturated rings. The summed E-state index contributed by atoms with van der Waals surface area (Å²) in [7, 11) is 0. The predicted molar refractivity (Wildman–Crippen MR) is 148 cm³/mol. The van der Waals surface area contributed by atoms with Gasteiger partial charge in [-0.25, -0.2) is 4.98 Å². The molecule has 1 aliphatic heterocycles. The van der Waals surface area contributed by atoms with Crippen LogP contribution < -0.4 is 4.90 Å². The van der Waals surface area contributed by atoms with Gasteiger partial charge in [-0.3, -0.25) is 24.3 Å². The van der Waals surface area contributed by atoms with Crippen LogP contribution in [0.25, 0.3) is 10.6 Å². The minimum Gasteiger partial charge on any atom is -0.503 e. The van der Waals surface area contributed by atoms with Crippen LogP contribution in [0, 0.1) is 6.92 Å². The van der Waals surface area contributed by atoms with Crippen LogP contribution in [-0.2, 0) is 20.7 Å². The fraction of sp³-hybridized carbons (Fsp3) is 0.167. The lowest BCUT2D eigenvalue weighted by Crippen LogP contribution is -2.31. The molecule has 1 atom stereocenters. The first kappa shape index (κ1) is 26.0. The first-order chi connectivity index (χ1) is 18.9. The topological polar surface area (TPSA) is 110 Å². The molecule has 0 bridgehead atoms. The molecule has 1 unspecified atom stereocenters. The number of Topliss-reactive ketones (excluding diaryl/α,β-unsaturated/α-hetero) is 1. The smallest absolute Gasteiger partial charge is 0.310 e. The van der Waals surface area contributed by atoms with Gasteiger partial charge in [0.15, 0.2) is 5.76 Å². The second kappa shape index (κ2) is 11.0. The zero-order chi connectivity index (χ0) is 27.5. The molecule has 1 amide bonds. The number of esters is 1. The highest BCUT2D eigenvalue weighted by Crippen LogP contribution is 2.43. The molecule has 2 aromatic heterocycles. The Kier molecular flexibility index (Phi) is 7.33. The van der Waals surface area contributed by atoms with Gasteiger partial charge in [-0.2, -0.15) is 0 Å². The third-order valence-electron chi connectivity index (χ3n) is 6.37. The summed E-state index contributed by atoms with van der Waals surface area (Å²) in [5, 5.41) is 11.8. The number of hydrogen-bond donors (Lipinski definition) is 1. The van der Waals surface area contributed by atoms with E-state index in [1.807, 2.05) is 30.3 Å². The highest BCUT2D eigenvalue weighted by atomic mass is 32.1. The van der Waals surface area contributed by atoms with E-state index in [2.05, 4.69) is 9.97 Å². The Labute approximate surface area is 229 Å². The molecule has 0 saturated heterocycles. The number of carbonyl (C=O) groups is 3. The van der Waals surface area contributed by atoms with E-state index in [1.54, 1.807) is 62.6 Å². The number of ether oxygens (including phenoxy) is 1. The molecule has 5 rings (SSSR count). The van der Waals surface area contributed by atoms with E-state index < -0.39 is 23.5 Å². The summed E-state index contributed by atoms with van der Waals surface area (Å²) in [6.07, 6.45) is 3.24. The lowest BCUT2D eigenvalue weighted by atomic mass is 9.95. The number of rotatable bonds is 8. The molecular weight excluding hydrogens is 514 g/mol. The SMILES string of the molecule is CCOC(=O)Cc1ccc(N2C(=O)C(O)=C(C(=O)c3sc(-c4ccccc4)nc3C)C2c2ccncc2)cc1. The van der Waals surface area contributed by atoms with Crippen molar-refractivity contribution in [3.63, 3.8) is 0 Å². The molecule has 0 aliphatic carbocycles. The Balaban J connectivity index is 1.53. The molecular formula is C30H25N3O5S. The molecule has 2 aromatic carbocycles. The van der Waals surface area contributed by atoms with Gasteiger partial charge in [-0.15, -0.1) is 11.3 Å². The van der Waals surface area contributed by atoms with Crippen molar-refractivity contribution in [1.82, 2.24) is 9.97 Å². The Hall–Kier alpha value is -4.63. The Morgan fingerprint density at radius 3 is 2.38 bits per heavy atom. The van der Waals surface area contributed by atoms with Gasteiger partial charge in [-0.05, 0) is 49.2 Å². The minimum absolute atomic E-state index is 0.0202. The average molecular weight is 540 g/mol. The van der Waals surface area contributed by atoms with Crippen molar-refractivity contribution in [2.75, 3.05) is 11.5 Å². The predicted octanol–water partition coefficient (Wildman–Crippen LogP) is 5.40. The fourth-order valence-corrected chi connectivity index (χ4v) is 5.58. The van der Waals surface area contributed by atoms with E-state index in [-0.39, 0.29) is 18.0 Å². The molecule has 1 N–H and O–H groups in total. The molecule has 196 valence electrons. The summed E-state index contributed by atoms with van der Waals surface area (Å²) in [6.45, 7) is 3.78. The number of aliphatic hydroxyl groups excluding tert-OH is 1. The molecule has 39 heavy (non-hydrogen) atoms. The van der Waals surface area contributed by atoms with Crippen LogP contribution >= 0.6 is 11.3 Å². The second-order valence-electron chi connectivity index (χ2n) is 8.90. The quantitative estimate of drug-likeness (QED) is 0.236. The third-order valence-corrected chi connectivity index (χ3v) is 7.57. The van der Waals surface area contributed by atoms with Crippen LogP contribution in [0.3, 0.4) is 0 Å². The van der Waals surface area contributed by atoms with Crippen molar-refractivity contribution < 1.29 is 24.2 Å². The van der Waals surface area contributed by atoms with Crippen LogP contribution in [0.15, 0.2) is 90.5 Å². The van der Waals surface area contributed by atoms with E-state index in [0.29, 0.717) is 39.0 Å². The summed E-state index contributed by atoms with van der Waals surface area (Å²) < 4.78 is 5.01. The summed E-state index contributed by atoms with van der Waals surface area (Å²) in [5.41, 5.74) is 3.17. The maximum Gasteiger partial charge on any atom is 0.310 e. The third kappa shape index (κ3) is 5.08. The molecule has 0 saturated carbocycles. The minimum atomic E-state index is -0.884. The van der Waals surface area contributed by atoms with Crippen LogP contribution in [0.1, 0.15) is 39.5 Å². The molecule has 9 heteroatoms. The number of ketones is 1. The standard InChI is InChI=1S/C30H25N3O5S/c1-3-38-23(34)17-19-9-11-22(12-10-19)33-25(20-13-15-31-16-14-20)24(27(36)30(33)37)26(35)28-18(2)32-29(39-28)21-7-5-4-6-8-21/h4-16,25,36H,3,17H2,1-2H3. The lowest BCUT2D eigenvalue weighted by molar-refractivity contribution is -0.142. The van der Waals surface area contributed by atoms with Crippen LogP contribution in [0.5, 0.6) is 0 Å². The monoisotopic (exact) mass is 539 g/mol. The second-order valence-corrected chi connectivity index (χ2v) is 9.90. The average Bonchev–Trinajstić information content (AvgIpc) is 3.47. The van der Waals surface area contributed by atoms with Gasteiger partial charge in [0.2, 0.25) is 5.78 Å². The number of aliphatic hydroxyl groups is 1. The molecule has 4 aromatic rings. The normalized spacial score (nSPS) is 15.1. The van der Waals surface area contributed by atoms with E-state index in [9.17, 15) is 19.5 Å². The number of amides is 1. The summed E-state index contributed by atoms with van der Waals surface area (Å²) in [4.78, 5) is 49.7. The Morgan fingerprint density at radius 1 is 1.03 bits per heavy atom. The van der Waals surface area contributed by atoms with Gasteiger partial charge >= 0.3 is 5.97 Å². The highest BCUT2D eigenvalue weighted by molar-refractivity contribution is 7.17. The van der Waals surface area contributed by atoms with Crippen molar-refractivity contribution >= 4 is 34.7 Å². The number of thiazole rings is 1. The Bertz CT molecular complexity index is 1560. The molecule has 0 radical (unpaired) electrons. The summed E-state index contributed by atoms with van der Waals surface area (Å²) in [6, 6.07) is 18.9. The number of aromatic nitrogens is 2. The summed E-state index contributed by atoms with van der Waals surface area (Å²) in [5.74, 6) is -2.10. The molecule has 0 spiro atoms. The van der Waals surface area contributed by atoms with E-state index in [0.717, 1.165) is 5.56 Å². The van der Waals surface area contributed by atoms with Gasteiger partial charge < -0.3 is 9.84 Å². The lowest BCUT2D eigenvalue weighted by Gasteiger charge is -2.27. The van der Waals surface area contributed by atoms with Gasteiger partial charge in [0, 0.05) is 23.6 Å². The van der Waals surface area contributed by atoms with Crippen molar-refractivity contribution in [3.05, 3.63) is 112 Å². The number of pyridine rings is 1. The number of benzene rings is 2. The number of hydrogen-bond acceptors (Lipinski definition) is 8. The van der Waals surface area contributed by atoms with Gasteiger partial charge in [0.1, 0.15) is 5.01 Å². The van der Waals surface area contributed by atoms with Crippen LogP contribution in [-0.4, -0.2) is 39.3 Å². The maximum absolute atomic E-state index is 14.0. The Morgan fingerprint density at radius 2 is 1.72 bits per heavy atom. The number of nitrogens with zero attached hydrogens (tertiary/aromatic N) is 3. The van der Waals surface area contributed by atoms with Gasteiger partial charge in [0.25, 0.3) is 5.91 Å². The number of carbonyl (C=O) groups excluding carboxylic acids is 3. The fourth-order valence-electron chi connectivity index (χ4n) is 4.55. The molecule has 3 heterocycles. The first-order valence-corrected chi connectivity index (χ1v) is 13.2. The molecule has 8 nitrogen and oxygen atoms in total. The van der Waals surface area contributed by atoms with Crippen molar-refractivity contribution in [2.24, 2.45) is 0 Å². The first-order valence-electron chi connectivity index (χ1n) is 12.4. The van der Waals surface area contributed by atoms with Crippen molar-refractivity contribution in [3.8, 4) is 10.6 Å². The van der Waals surface area contributed by atoms with Crippen molar-refractivity contribution in [2.45, 2.75) is 26.3 Å².